The average molecular weight is 204 g/mol. The molecule has 1 rings (SSSR count). The number of benzene rings is 1. The normalized spacial score (nSPS) is 9.93. The number of esters is 1. The van der Waals surface area contributed by atoms with Crippen LogP contribution >= 0.6 is 0 Å². The molecule has 1 aromatic carbocycles. The lowest BCUT2D eigenvalue weighted by molar-refractivity contribution is -0.134. The maximum atomic E-state index is 13.3. The van der Waals surface area contributed by atoms with E-state index >= 15 is 0 Å². The first-order chi connectivity index (χ1) is 7.19. The highest BCUT2D eigenvalue weighted by atomic mass is 19.1. The maximum absolute atomic E-state index is 13.3. The topological polar surface area (TPSA) is 26.3 Å². The molecule has 0 atom stereocenters. The minimum Gasteiger partial charge on any atom is -0.466 e. The number of carbonyl (C=O) groups is 1. The molecule has 0 fully saturated rings. The van der Waals surface area contributed by atoms with Gasteiger partial charge in [-0.2, -0.15) is 0 Å². The van der Waals surface area contributed by atoms with Gasteiger partial charge in [0.05, 0.1) is 7.11 Å². The Morgan fingerprint density at radius 1 is 1.60 bits per heavy atom. The van der Waals surface area contributed by atoms with Gasteiger partial charge in [-0.05, 0) is 18.2 Å². The van der Waals surface area contributed by atoms with Gasteiger partial charge in [-0.1, -0.05) is 12.0 Å². The Hall–Kier alpha value is -2.08. The predicted molar refractivity (Wildman–Crippen MR) is 55.4 cm³/mol. The van der Waals surface area contributed by atoms with E-state index in [4.69, 9.17) is 6.42 Å². The minimum atomic E-state index is -0.554. The van der Waals surface area contributed by atoms with Crippen molar-refractivity contribution >= 4 is 12.0 Å². The second-order valence-electron chi connectivity index (χ2n) is 2.70. The van der Waals surface area contributed by atoms with Crippen LogP contribution < -0.4 is 0 Å². The highest BCUT2D eigenvalue weighted by molar-refractivity contribution is 5.87. The summed E-state index contributed by atoms with van der Waals surface area (Å²) in [4.78, 5) is 10.8. The summed E-state index contributed by atoms with van der Waals surface area (Å²) < 4.78 is 17.7. The van der Waals surface area contributed by atoms with Gasteiger partial charge in [-0.15, -0.1) is 6.42 Å². The van der Waals surface area contributed by atoms with Crippen LogP contribution in [0.25, 0.3) is 6.08 Å². The summed E-state index contributed by atoms with van der Waals surface area (Å²) in [6, 6.07) is 4.39. The molecule has 3 heteroatoms. The molecule has 1 aromatic rings. The first-order valence-electron chi connectivity index (χ1n) is 4.20. The molecule has 0 aliphatic heterocycles. The monoisotopic (exact) mass is 204 g/mol. The number of ether oxygens (including phenoxy) is 1. The van der Waals surface area contributed by atoms with Crippen LogP contribution in [0.1, 0.15) is 11.1 Å². The van der Waals surface area contributed by atoms with Crippen molar-refractivity contribution in [1.82, 2.24) is 0 Å². The number of rotatable bonds is 2. The molecule has 0 N–H and O–H groups in total. The van der Waals surface area contributed by atoms with Crippen LogP contribution in [0.3, 0.4) is 0 Å². The standard InChI is InChI=1S/C12H9FO2/c1-3-9-5-4-6-11(13)10(9)7-8-12(14)15-2/h1,4-8H,2H3/b8-7+. The van der Waals surface area contributed by atoms with Crippen LogP contribution in [-0.4, -0.2) is 13.1 Å². The first kappa shape index (κ1) is 11.0. The van der Waals surface area contributed by atoms with Crippen molar-refractivity contribution in [3.8, 4) is 12.3 Å². The van der Waals surface area contributed by atoms with Gasteiger partial charge >= 0.3 is 5.97 Å². The predicted octanol–water partition coefficient (Wildman–Crippen LogP) is 1.99. The molecule has 0 amide bonds. The van der Waals surface area contributed by atoms with Gasteiger partial charge in [0.25, 0.3) is 0 Å². The number of halogens is 1. The lowest BCUT2D eigenvalue weighted by Crippen LogP contribution is -1.95. The van der Waals surface area contributed by atoms with E-state index < -0.39 is 11.8 Å². The molecule has 0 saturated carbocycles. The third kappa shape index (κ3) is 2.68. The van der Waals surface area contributed by atoms with Crippen molar-refractivity contribution in [2.75, 3.05) is 7.11 Å². The highest BCUT2D eigenvalue weighted by Gasteiger charge is 2.03. The largest absolute Gasteiger partial charge is 0.466 e. The zero-order valence-electron chi connectivity index (χ0n) is 8.16. The summed E-state index contributed by atoms with van der Waals surface area (Å²) in [6.07, 6.45) is 7.62. The lowest BCUT2D eigenvalue weighted by atomic mass is 10.1. The molecule has 0 aliphatic carbocycles. The van der Waals surface area contributed by atoms with Crippen LogP contribution in [0.2, 0.25) is 0 Å². The number of hydrogen-bond acceptors (Lipinski definition) is 2. The Labute approximate surface area is 87.4 Å². The quantitative estimate of drug-likeness (QED) is 0.418. The molecule has 0 unspecified atom stereocenters. The Bertz CT molecular complexity index is 441. The SMILES string of the molecule is C#Cc1cccc(F)c1/C=C/C(=O)OC. The fourth-order valence-corrected chi connectivity index (χ4v) is 1.05. The first-order valence-corrected chi connectivity index (χ1v) is 4.20. The summed E-state index contributed by atoms with van der Waals surface area (Å²) in [5.41, 5.74) is 0.612. The Balaban J connectivity index is 3.09. The summed E-state index contributed by atoms with van der Waals surface area (Å²) in [6.45, 7) is 0. The molecular formula is C12H9FO2. The fraction of sp³-hybridized carbons (Fsp3) is 0.0833. The fourth-order valence-electron chi connectivity index (χ4n) is 1.05. The van der Waals surface area contributed by atoms with Gasteiger partial charge in [0.2, 0.25) is 0 Å². The average Bonchev–Trinajstić information content (AvgIpc) is 2.26. The number of hydrogen-bond donors (Lipinski definition) is 0. The molecular weight excluding hydrogens is 195 g/mol. The van der Waals surface area contributed by atoms with E-state index in [1.165, 1.54) is 25.3 Å². The van der Waals surface area contributed by atoms with E-state index in [-0.39, 0.29) is 5.56 Å². The molecule has 0 heterocycles. The second-order valence-corrected chi connectivity index (χ2v) is 2.70. The van der Waals surface area contributed by atoms with Crippen LogP contribution in [0.5, 0.6) is 0 Å². The zero-order valence-corrected chi connectivity index (χ0v) is 8.16. The molecule has 15 heavy (non-hydrogen) atoms. The molecule has 0 bridgehead atoms. The van der Waals surface area contributed by atoms with Crippen LogP contribution in [0, 0.1) is 18.2 Å². The molecule has 76 valence electrons. The number of carbonyl (C=O) groups excluding carboxylic acids is 1. The van der Waals surface area contributed by atoms with E-state index in [9.17, 15) is 9.18 Å². The Morgan fingerprint density at radius 2 is 2.33 bits per heavy atom. The molecule has 0 aliphatic rings. The van der Waals surface area contributed by atoms with E-state index in [0.717, 1.165) is 6.08 Å². The van der Waals surface area contributed by atoms with Crippen LogP contribution in [0.4, 0.5) is 4.39 Å². The van der Waals surface area contributed by atoms with Crippen molar-refractivity contribution in [3.63, 3.8) is 0 Å². The van der Waals surface area contributed by atoms with Crippen LogP contribution in [0.15, 0.2) is 24.3 Å². The van der Waals surface area contributed by atoms with Crippen molar-refractivity contribution in [2.45, 2.75) is 0 Å². The Kier molecular flexibility index (Phi) is 3.64. The van der Waals surface area contributed by atoms with Crippen molar-refractivity contribution in [1.29, 1.82) is 0 Å². The van der Waals surface area contributed by atoms with Gasteiger partial charge < -0.3 is 4.74 Å². The molecule has 0 saturated heterocycles. The molecule has 0 aromatic heterocycles. The third-order valence-corrected chi connectivity index (χ3v) is 1.80. The molecule has 2 nitrogen and oxygen atoms in total. The van der Waals surface area contributed by atoms with Crippen molar-refractivity contribution in [3.05, 3.63) is 41.2 Å². The summed E-state index contributed by atoms with van der Waals surface area (Å²) >= 11 is 0. The number of terminal acetylenes is 1. The van der Waals surface area contributed by atoms with Crippen LogP contribution in [-0.2, 0) is 9.53 Å². The van der Waals surface area contributed by atoms with Gasteiger partial charge in [-0.3, -0.25) is 0 Å². The lowest BCUT2D eigenvalue weighted by Gasteiger charge is -1.99. The summed E-state index contributed by atoms with van der Waals surface area (Å²) in [5.74, 6) is 1.31. The van der Waals surface area contributed by atoms with E-state index in [0.29, 0.717) is 5.56 Å². The maximum Gasteiger partial charge on any atom is 0.330 e. The third-order valence-electron chi connectivity index (χ3n) is 1.80. The van der Waals surface area contributed by atoms with Gasteiger partial charge in [0.1, 0.15) is 5.82 Å². The Morgan fingerprint density at radius 3 is 2.93 bits per heavy atom. The van der Waals surface area contributed by atoms with Gasteiger partial charge in [0, 0.05) is 17.2 Å². The van der Waals surface area contributed by atoms with Crippen molar-refractivity contribution < 1.29 is 13.9 Å². The van der Waals surface area contributed by atoms with E-state index in [1.54, 1.807) is 6.07 Å². The van der Waals surface area contributed by atoms with Crippen molar-refractivity contribution in [2.24, 2.45) is 0 Å². The van der Waals surface area contributed by atoms with E-state index in [2.05, 4.69) is 10.7 Å². The molecule has 0 radical (unpaired) electrons. The van der Waals surface area contributed by atoms with E-state index in [1.807, 2.05) is 0 Å². The smallest absolute Gasteiger partial charge is 0.330 e. The molecule has 0 spiro atoms. The zero-order chi connectivity index (χ0) is 11.3. The number of methoxy groups -OCH3 is 1. The van der Waals surface area contributed by atoms with Gasteiger partial charge in [0.15, 0.2) is 0 Å². The highest BCUT2D eigenvalue weighted by Crippen LogP contribution is 2.14. The summed E-state index contributed by atoms with van der Waals surface area (Å²) in [7, 11) is 1.25. The van der Waals surface area contributed by atoms with Gasteiger partial charge in [-0.25, -0.2) is 9.18 Å². The summed E-state index contributed by atoms with van der Waals surface area (Å²) in [5, 5.41) is 0. The minimum absolute atomic E-state index is 0.213. The second kappa shape index (κ2) is 4.97.